The van der Waals surface area contributed by atoms with Crippen molar-refractivity contribution in [2.75, 3.05) is 0 Å². The van der Waals surface area contributed by atoms with Crippen molar-refractivity contribution in [3.63, 3.8) is 0 Å². The van der Waals surface area contributed by atoms with Crippen LogP contribution in [0.4, 0.5) is 0 Å². The first kappa shape index (κ1) is 38.9. The molecular formula is C49H47N5OPt-2. The first-order chi connectivity index (χ1) is 26.1. The van der Waals surface area contributed by atoms with E-state index in [0.29, 0.717) is 17.2 Å². The van der Waals surface area contributed by atoms with Crippen LogP contribution in [0.3, 0.4) is 0 Å². The summed E-state index contributed by atoms with van der Waals surface area (Å²) < 4.78 is 12.5. The SMILES string of the molecule is CC(C)(C)c1cc(-[n+]2[c-]n(-c3[c-]c(Oc4[c-]c5c(cc4)c4ccccc4n5-c4cc(C(C)(C)C)ccn4)ccc3)nc2-c2ccccc2)cc(C(C)(C)C)c1.[Pt]. The van der Waals surface area contributed by atoms with Crippen LogP contribution in [0.2, 0.25) is 0 Å². The molecule has 3 heterocycles. The molecule has 8 rings (SSSR count). The van der Waals surface area contributed by atoms with Gasteiger partial charge < -0.3 is 13.9 Å². The summed E-state index contributed by atoms with van der Waals surface area (Å²) in [6.07, 6.45) is 5.45. The maximum absolute atomic E-state index is 6.52. The van der Waals surface area contributed by atoms with Crippen LogP contribution in [0.15, 0.2) is 121 Å². The average molecular weight is 917 g/mol. The number of rotatable bonds is 6. The van der Waals surface area contributed by atoms with E-state index < -0.39 is 0 Å². The average Bonchev–Trinajstić information content (AvgIpc) is 3.74. The summed E-state index contributed by atoms with van der Waals surface area (Å²) in [5.41, 5.74) is 8.30. The Bertz CT molecular complexity index is 2650. The monoisotopic (exact) mass is 916 g/mol. The normalized spacial score (nSPS) is 12.2. The van der Waals surface area contributed by atoms with Gasteiger partial charge in [-0.25, -0.2) is 4.98 Å². The van der Waals surface area contributed by atoms with Gasteiger partial charge >= 0.3 is 0 Å². The van der Waals surface area contributed by atoms with E-state index in [1.54, 1.807) is 4.68 Å². The summed E-state index contributed by atoms with van der Waals surface area (Å²) >= 11 is 0. The molecule has 6 nitrogen and oxygen atoms in total. The molecule has 5 aromatic carbocycles. The molecule has 0 amide bonds. The van der Waals surface area contributed by atoms with E-state index in [1.165, 1.54) is 16.7 Å². The van der Waals surface area contributed by atoms with Gasteiger partial charge in [0, 0.05) is 55.5 Å². The minimum Gasteiger partial charge on any atom is -0.510 e. The van der Waals surface area contributed by atoms with E-state index in [0.717, 1.165) is 44.7 Å². The molecule has 0 bridgehead atoms. The minimum absolute atomic E-state index is 0. The number of para-hydroxylation sites is 1. The molecule has 0 saturated carbocycles. The van der Waals surface area contributed by atoms with Crippen LogP contribution in [-0.2, 0) is 37.3 Å². The molecule has 0 aliphatic heterocycles. The third-order valence-electron chi connectivity index (χ3n) is 10.1. The van der Waals surface area contributed by atoms with Crippen molar-refractivity contribution in [2.24, 2.45) is 0 Å². The molecule has 0 spiro atoms. The van der Waals surface area contributed by atoms with Gasteiger partial charge in [0.15, 0.2) is 0 Å². The van der Waals surface area contributed by atoms with Gasteiger partial charge in [-0.15, -0.1) is 29.7 Å². The van der Waals surface area contributed by atoms with Crippen molar-refractivity contribution >= 4 is 21.8 Å². The van der Waals surface area contributed by atoms with Crippen LogP contribution in [0.1, 0.15) is 79.0 Å². The fraction of sp³-hybridized carbons (Fsp3) is 0.245. The van der Waals surface area contributed by atoms with Gasteiger partial charge in [0.2, 0.25) is 12.2 Å². The van der Waals surface area contributed by atoms with E-state index in [2.05, 4.69) is 163 Å². The van der Waals surface area contributed by atoms with Gasteiger partial charge in [0.1, 0.15) is 5.82 Å². The zero-order valence-corrected chi connectivity index (χ0v) is 35.8. The number of hydrogen-bond acceptors (Lipinski definition) is 3. The van der Waals surface area contributed by atoms with Crippen LogP contribution in [-0.4, -0.2) is 19.3 Å². The van der Waals surface area contributed by atoms with E-state index in [4.69, 9.17) is 14.8 Å². The molecule has 286 valence electrons. The van der Waals surface area contributed by atoms with E-state index >= 15 is 0 Å². The van der Waals surface area contributed by atoms with Crippen molar-refractivity contribution in [3.05, 3.63) is 157 Å². The van der Waals surface area contributed by atoms with Crippen LogP contribution >= 0.6 is 0 Å². The Balaban J connectivity index is 0.00000480. The maximum atomic E-state index is 6.52. The zero-order valence-electron chi connectivity index (χ0n) is 33.5. The Labute approximate surface area is 345 Å². The quantitative estimate of drug-likeness (QED) is 0.123. The van der Waals surface area contributed by atoms with Crippen molar-refractivity contribution < 1.29 is 30.4 Å². The van der Waals surface area contributed by atoms with E-state index in [1.807, 2.05) is 48.7 Å². The van der Waals surface area contributed by atoms with E-state index in [-0.39, 0.29) is 37.3 Å². The topological polar surface area (TPSA) is 48.8 Å². The number of fused-ring (bicyclic) bond motifs is 3. The smallest absolute Gasteiger partial charge is 0.231 e. The standard InChI is InChI=1S/C49H47N5O.Pt/c1-47(2,3)34-24-25-50-45(29-34)54-43-21-14-13-20-41(43)42-23-22-40(31-44(42)54)55-39-19-15-18-37(30-39)53-32-52(46(51-53)33-16-11-10-12-17-33)38-27-35(48(4,5)6)26-36(28-38)49(7,8)9;/h10-29H,1-9H3;/q-2;. The third kappa shape index (κ3) is 7.60. The summed E-state index contributed by atoms with van der Waals surface area (Å²) in [5, 5.41) is 7.33. The molecule has 56 heavy (non-hydrogen) atoms. The van der Waals surface area contributed by atoms with Crippen molar-refractivity contribution in [1.82, 2.24) is 19.3 Å². The Morgan fingerprint density at radius 3 is 1.96 bits per heavy atom. The summed E-state index contributed by atoms with van der Waals surface area (Å²) in [7, 11) is 0. The fourth-order valence-corrected chi connectivity index (χ4v) is 6.89. The van der Waals surface area contributed by atoms with Crippen LogP contribution in [0.25, 0.3) is 50.4 Å². The molecule has 0 unspecified atom stereocenters. The Hall–Kier alpha value is -5.32. The summed E-state index contributed by atoms with van der Waals surface area (Å²) in [6.45, 7) is 20.2. The molecule has 8 aromatic rings. The van der Waals surface area contributed by atoms with Crippen molar-refractivity contribution in [3.8, 4) is 40.1 Å². The second-order valence-electron chi connectivity index (χ2n) is 17.4. The summed E-state index contributed by atoms with van der Waals surface area (Å²) in [6, 6.07) is 46.7. The van der Waals surface area contributed by atoms with Gasteiger partial charge in [-0.3, -0.25) is 0 Å². The largest absolute Gasteiger partial charge is 0.510 e. The fourth-order valence-electron chi connectivity index (χ4n) is 6.89. The van der Waals surface area contributed by atoms with Gasteiger partial charge in [-0.05, 0) is 67.3 Å². The molecule has 0 N–H and O–H groups in total. The molecule has 0 atom stereocenters. The molecule has 0 radical (unpaired) electrons. The molecule has 7 heteroatoms. The predicted molar refractivity (Wildman–Crippen MR) is 222 cm³/mol. The second-order valence-corrected chi connectivity index (χ2v) is 17.4. The number of nitrogens with zero attached hydrogens (tertiary/aromatic N) is 5. The Kier molecular flexibility index (Phi) is 10.2. The Morgan fingerprint density at radius 1 is 0.607 bits per heavy atom. The maximum Gasteiger partial charge on any atom is 0.231 e. The predicted octanol–water partition coefficient (Wildman–Crippen LogP) is 11.4. The number of aromatic nitrogens is 5. The Morgan fingerprint density at radius 2 is 1.27 bits per heavy atom. The number of benzene rings is 5. The van der Waals surface area contributed by atoms with E-state index in [9.17, 15) is 0 Å². The van der Waals surface area contributed by atoms with Crippen LogP contribution in [0, 0.1) is 18.5 Å². The zero-order chi connectivity index (χ0) is 38.7. The van der Waals surface area contributed by atoms with Gasteiger partial charge in [-0.2, -0.15) is 22.9 Å². The molecule has 0 aliphatic carbocycles. The first-order valence-corrected chi connectivity index (χ1v) is 18.9. The first-order valence-electron chi connectivity index (χ1n) is 18.9. The third-order valence-corrected chi connectivity index (χ3v) is 10.1. The van der Waals surface area contributed by atoms with Crippen molar-refractivity contribution in [1.29, 1.82) is 0 Å². The van der Waals surface area contributed by atoms with Crippen LogP contribution in [0.5, 0.6) is 11.5 Å². The molecule has 3 aromatic heterocycles. The van der Waals surface area contributed by atoms with Gasteiger partial charge in [0.25, 0.3) is 0 Å². The second kappa shape index (κ2) is 14.6. The molecule has 0 aliphatic rings. The molecular weight excluding hydrogens is 870 g/mol. The number of hydrogen-bond donors (Lipinski definition) is 0. The van der Waals surface area contributed by atoms with Gasteiger partial charge in [0.05, 0.1) is 0 Å². The minimum atomic E-state index is -0.0414. The summed E-state index contributed by atoms with van der Waals surface area (Å²) in [4.78, 5) is 4.82. The van der Waals surface area contributed by atoms with Gasteiger partial charge in [-0.1, -0.05) is 135 Å². The summed E-state index contributed by atoms with van der Waals surface area (Å²) in [5.74, 6) is 2.75. The number of pyridine rings is 1. The molecule has 0 fully saturated rings. The van der Waals surface area contributed by atoms with Crippen LogP contribution < -0.4 is 9.30 Å². The molecule has 0 saturated heterocycles. The van der Waals surface area contributed by atoms with Crippen molar-refractivity contribution in [2.45, 2.75) is 78.6 Å². The number of ether oxygens (including phenoxy) is 1.